The summed E-state index contributed by atoms with van der Waals surface area (Å²) in [6.45, 7) is 0. The van der Waals surface area contributed by atoms with Gasteiger partial charge in [0.1, 0.15) is 0 Å². The molecule has 0 heterocycles. The van der Waals surface area contributed by atoms with Crippen LogP contribution >= 0.6 is 0 Å². The van der Waals surface area contributed by atoms with Crippen LogP contribution in [0.15, 0.2) is 48.0 Å². The summed E-state index contributed by atoms with van der Waals surface area (Å²) < 4.78 is 0. The molecular formula is C21H17NO4. The van der Waals surface area contributed by atoms with Crippen molar-refractivity contribution in [3.05, 3.63) is 70.3 Å². The van der Waals surface area contributed by atoms with Gasteiger partial charge in [0.25, 0.3) is 5.91 Å². The molecule has 0 unspecified atom stereocenters. The number of anilines is 1. The number of amides is 1. The standard InChI is InChI=1S/C21H17NO4/c23-19-15-5-2-1-4-14(15)18-16(19)6-3-7-17(18)20(24)22-13-10-8-12(9-11-13)21(25)26/h3,6-11H,1-2,4-5H2,(H,22,24)(H,25,26). The molecule has 0 aromatic heterocycles. The van der Waals surface area contributed by atoms with E-state index in [1.807, 2.05) is 0 Å². The second-order valence-corrected chi connectivity index (χ2v) is 6.56. The van der Waals surface area contributed by atoms with E-state index in [2.05, 4.69) is 5.32 Å². The lowest BCUT2D eigenvalue weighted by Gasteiger charge is -2.15. The Hall–Kier alpha value is -3.21. The average molecular weight is 347 g/mol. The molecule has 0 fully saturated rings. The SMILES string of the molecule is O=C(O)c1ccc(NC(=O)c2cccc3c2C2=C(CCCC2)C3=O)cc1. The third-order valence-corrected chi connectivity index (χ3v) is 4.99. The van der Waals surface area contributed by atoms with E-state index in [0.29, 0.717) is 16.8 Å². The van der Waals surface area contributed by atoms with E-state index in [0.717, 1.165) is 42.4 Å². The molecule has 0 atom stereocenters. The zero-order chi connectivity index (χ0) is 18.3. The first-order valence-electron chi connectivity index (χ1n) is 8.61. The Bertz CT molecular complexity index is 970. The van der Waals surface area contributed by atoms with Crippen LogP contribution in [0.5, 0.6) is 0 Å². The van der Waals surface area contributed by atoms with Crippen molar-refractivity contribution in [3.63, 3.8) is 0 Å². The second kappa shape index (κ2) is 6.26. The zero-order valence-electron chi connectivity index (χ0n) is 14.0. The van der Waals surface area contributed by atoms with Crippen LogP contribution in [0.25, 0.3) is 5.57 Å². The predicted molar refractivity (Wildman–Crippen MR) is 97.5 cm³/mol. The predicted octanol–water partition coefficient (Wildman–Crippen LogP) is 4.16. The van der Waals surface area contributed by atoms with Gasteiger partial charge in [0.05, 0.1) is 5.56 Å². The lowest BCUT2D eigenvalue weighted by atomic mass is 9.90. The summed E-state index contributed by atoms with van der Waals surface area (Å²) in [6.07, 6.45) is 3.64. The fourth-order valence-electron chi connectivity index (χ4n) is 3.74. The van der Waals surface area contributed by atoms with Crippen LogP contribution in [0.1, 0.15) is 62.3 Å². The number of hydrogen-bond donors (Lipinski definition) is 2. The van der Waals surface area contributed by atoms with Gasteiger partial charge in [-0.05, 0) is 61.6 Å². The molecule has 0 spiro atoms. The topological polar surface area (TPSA) is 83.5 Å². The number of fused-ring (bicyclic) bond motifs is 2. The molecule has 0 aliphatic heterocycles. The van der Waals surface area contributed by atoms with Gasteiger partial charge < -0.3 is 10.4 Å². The minimum absolute atomic E-state index is 0.0511. The smallest absolute Gasteiger partial charge is 0.335 e. The molecule has 2 aliphatic carbocycles. The highest BCUT2D eigenvalue weighted by molar-refractivity contribution is 6.24. The van der Waals surface area contributed by atoms with Crippen molar-refractivity contribution < 1.29 is 19.5 Å². The van der Waals surface area contributed by atoms with Gasteiger partial charge in [0.15, 0.2) is 5.78 Å². The molecule has 0 saturated carbocycles. The van der Waals surface area contributed by atoms with Crippen LogP contribution in [-0.2, 0) is 0 Å². The molecule has 4 rings (SSSR count). The van der Waals surface area contributed by atoms with E-state index >= 15 is 0 Å². The first-order chi connectivity index (χ1) is 12.6. The normalized spacial score (nSPS) is 15.5. The van der Waals surface area contributed by atoms with E-state index in [1.54, 1.807) is 30.3 Å². The van der Waals surface area contributed by atoms with Crippen molar-refractivity contribution in [1.29, 1.82) is 0 Å². The van der Waals surface area contributed by atoms with Crippen LogP contribution in [-0.4, -0.2) is 22.8 Å². The molecule has 1 amide bonds. The van der Waals surface area contributed by atoms with E-state index in [4.69, 9.17) is 5.11 Å². The molecule has 2 aromatic carbocycles. The fourth-order valence-corrected chi connectivity index (χ4v) is 3.74. The number of Topliss-reactive ketones (excluding diaryl/α,β-unsaturated/α-hetero) is 1. The summed E-state index contributed by atoms with van der Waals surface area (Å²) in [5.41, 5.74) is 4.43. The molecule has 0 saturated heterocycles. The molecule has 0 radical (unpaired) electrons. The van der Waals surface area contributed by atoms with Crippen LogP contribution in [0.2, 0.25) is 0 Å². The summed E-state index contributed by atoms with van der Waals surface area (Å²) >= 11 is 0. The Kier molecular flexibility index (Phi) is 3.92. The summed E-state index contributed by atoms with van der Waals surface area (Å²) in [4.78, 5) is 36.4. The number of nitrogens with one attached hydrogen (secondary N) is 1. The molecular weight excluding hydrogens is 330 g/mol. The maximum absolute atomic E-state index is 12.8. The van der Waals surface area contributed by atoms with E-state index < -0.39 is 5.97 Å². The van der Waals surface area contributed by atoms with Crippen molar-refractivity contribution >= 4 is 28.9 Å². The van der Waals surface area contributed by atoms with Crippen LogP contribution < -0.4 is 5.32 Å². The third-order valence-electron chi connectivity index (χ3n) is 4.99. The first-order valence-corrected chi connectivity index (χ1v) is 8.61. The highest BCUT2D eigenvalue weighted by Gasteiger charge is 2.33. The average Bonchev–Trinajstić information content (AvgIpc) is 2.95. The Balaban J connectivity index is 1.67. The molecule has 5 nitrogen and oxygen atoms in total. The van der Waals surface area contributed by atoms with Gasteiger partial charge in [-0.25, -0.2) is 4.79 Å². The minimum atomic E-state index is -1.01. The number of carbonyl (C=O) groups is 3. The Morgan fingerprint density at radius 2 is 1.62 bits per heavy atom. The van der Waals surface area contributed by atoms with Gasteiger partial charge in [-0.2, -0.15) is 0 Å². The van der Waals surface area contributed by atoms with Gasteiger partial charge in [-0.3, -0.25) is 9.59 Å². The number of rotatable bonds is 3. The Labute approximate surface area is 150 Å². The number of carboxylic acid groups (broad SMARTS) is 1. The minimum Gasteiger partial charge on any atom is -0.478 e. The van der Waals surface area contributed by atoms with Crippen molar-refractivity contribution in [2.75, 3.05) is 5.32 Å². The van der Waals surface area contributed by atoms with Gasteiger partial charge in [0.2, 0.25) is 0 Å². The van der Waals surface area contributed by atoms with Crippen molar-refractivity contribution in [2.24, 2.45) is 0 Å². The van der Waals surface area contributed by atoms with E-state index in [-0.39, 0.29) is 17.3 Å². The van der Waals surface area contributed by atoms with Gasteiger partial charge in [-0.1, -0.05) is 12.1 Å². The lowest BCUT2D eigenvalue weighted by Crippen LogP contribution is -2.15. The van der Waals surface area contributed by atoms with Gasteiger partial charge >= 0.3 is 5.97 Å². The number of hydrogen-bond acceptors (Lipinski definition) is 3. The van der Waals surface area contributed by atoms with Gasteiger partial charge in [-0.15, -0.1) is 0 Å². The van der Waals surface area contributed by atoms with Crippen molar-refractivity contribution in [2.45, 2.75) is 25.7 Å². The highest BCUT2D eigenvalue weighted by atomic mass is 16.4. The monoisotopic (exact) mass is 347 g/mol. The van der Waals surface area contributed by atoms with Crippen molar-refractivity contribution in [3.8, 4) is 0 Å². The molecule has 130 valence electrons. The maximum atomic E-state index is 12.8. The molecule has 2 N–H and O–H groups in total. The second-order valence-electron chi connectivity index (χ2n) is 6.56. The van der Waals surface area contributed by atoms with Crippen LogP contribution in [0.3, 0.4) is 0 Å². The maximum Gasteiger partial charge on any atom is 0.335 e. The molecule has 26 heavy (non-hydrogen) atoms. The van der Waals surface area contributed by atoms with E-state index in [9.17, 15) is 14.4 Å². The molecule has 5 heteroatoms. The highest BCUT2D eigenvalue weighted by Crippen LogP contribution is 2.43. The molecule has 0 bridgehead atoms. The molecule has 2 aromatic rings. The van der Waals surface area contributed by atoms with Crippen molar-refractivity contribution in [1.82, 2.24) is 0 Å². The van der Waals surface area contributed by atoms with Crippen LogP contribution in [0.4, 0.5) is 5.69 Å². The zero-order valence-corrected chi connectivity index (χ0v) is 14.0. The number of aromatic carboxylic acids is 1. The summed E-state index contributed by atoms with van der Waals surface area (Å²) in [7, 11) is 0. The van der Waals surface area contributed by atoms with Crippen LogP contribution in [0, 0.1) is 0 Å². The Morgan fingerprint density at radius 3 is 2.31 bits per heavy atom. The Morgan fingerprint density at radius 1 is 0.923 bits per heavy atom. The number of carbonyl (C=O) groups excluding carboxylic acids is 2. The number of benzene rings is 2. The summed E-state index contributed by atoms with van der Waals surface area (Å²) in [5.74, 6) is -1.26. The quantitative estimate of drug-likeness (QED) is 0.873. The number of allylic oxidation sites excluding steroid dienone is 2. The first kappa shape index (κ1) is 16.3. The summed E-state index contributed by atoms with van der Waals surface area (Å²) in [6, 6.07) is 11.3. The lowest BCUT2D eigenvalue weighted by molar-refractivity contribution is 0.0696. The van der Waals surface area contributed by atoms with Gasteiger partial charge in [0, 0.05) is 28.0 Å². The number of carboxylic acids is 1. The fraction of sp³-hybridized carbons (Fsp3) is 0.190. The van der Waals surface area contributed by atoms with E-state index in [1.165, 1.54) is 12.1 Å². The summed E-state index contributed by atoms with van der Waals surface area (Å²) in [5, 5.41) is 11.8. The third kappa shape index (κ3) is 2.62. The number of ketones is 1. The largest absolute Gasteiger partial charge is 0.478 e. The molecule has 2 aliphatic rings.